The van der Waals surface area contributed by atoms with Gasteiger partial charge in [0.05, 0.1) is 13.1 Å². The van der Waals surface area contributed by atoms with Crippen molar-refractivity contribution in [2.45, 2.75) is 25.0 Å². The first-order chi connectivity index (χ1) is 18.4. The first kappa shape index (κ1) is 26.9. The van der Waals surface area contributed by atoms with Crippen LogP contribution < -0.4 is 16.2 Å². The Morgan fingerprint density at radius 2 is 1.55 bits per heavy atom. The standard InChI is InChI=1S/C29H31N3O3.CH2O2/c30-24-13-11-21(12-14-24)26(33)19-32-17-15-22(16-18-32)27(20-32)35-29(34)28(23-7-3-1-4-8-23)31-25-9-5-2-6-10-25;2-1-3/h1-14,22,27-28,31H,15-20H2,(H-,30,33);1H,(H,2,3)/t22?,27-,28?,32?;/m0./s1. The minimum absolute atomic E-state index is 0.114. The van der Waals surface area contributed by atoms with E-state index in [1.54, 1.807) is 24.3 Å². The smallest absolute Gasteiger partial charge is 0.333 e. The lowest BCUT2D eigenvalue weighted by atomic mass is 9.82. The Morgan fingerprint density at radius 3 is 2.16 bits per heavy atom. The number of nitrogen functional groups attached to an aromatic ring is 1. The fourth-order valence-electron chi connectivity index (χ4n) is 5.48. The van der Waals surface area contributed by atoms with E-state index < -0.39 is 12.5 Å². The number of ketones is 1. The molecule has 2 atom stereocenters. The highest BCUT2D eigenvalue weighted by Crippen LogP contribution is 2.36. The lowest BCUT2D eigenvalue weighted by Gasteiger charge is -2.51. The molecule has 3 aromatic carbocycles. The number of carboxylic acid groups (broad SMARTS) is 1. The number of carbonyl (C=O) groups is 3. The molecule has 0 saturated carbocycles. The van der Waals surface area contributed by atoms with E-state index in [-0.39, 0.29) is 17.9 Å². The summed E-state index contributed by atoms with van der Waals surface area (Å²) in [5, 5.41) is 11.6. The number of carbonyl (C=O) groups excluding carboxylic acids is 3. The maximum atomic E-state index is 13.5. The highest BCUT2D eigenvalue weighted by molar-refractivity contribution is 5.97. The van der Waals surface area contributed by atoms with Crippen LogP contribution in [0.2, 0.25) is 0 Å². The van der Waals surface area contributed by atoms with Crippen molar-refractivity contribution < 1.29 is 28.7 Å². The summed E-state index contributed by atoms with van der Waals surface area (Å²) in [4.78, 5) is 34.8. The van der Waals surface area contributed by atoms with E-state index in [1.165, 1.54) is 0 Å². The van der Waals surface area contributed by atoms with Gasteiger partial charge in [0, 0.05) is 42.2 Å². The SMILES string of the molecule is Nc1ccc(C(=O)C[N+]23CCC(CC2)[C@@H](OC(=O)C(Nc2ccccc2)c2ccccc2)C3)cc1.O=C[O-]. The van der Waals surface area contributed by atoms with Gasteiger partial charge in [-0.25, -0.2) is 4.79 Å². The topological polar surface area (TPSA) is 122 Å². The van der Waals surface area contributed by atoms with Crippen LogP contribution >= 0.6 is 0 Å². The van der Waals surface area contributed by atoms with Crippen LogP contribution in [0.5, 0.6) is 0 Å². The monoisotopic (exact) mass is 515 g/mol. The summed E-state index contributed by atoms with van der Waals surface area (Å²) in [5.74, 6) is 0.184. The number of nitrogens with two attached hydrogens (primary N) is 1. The van der Waals surface area contributed by atoms with Gasteiger partial charge in [-0.05, 0) is 42.0 Å². The Labute approximate surface area is 222 Å². The summed E-state index contributed by atoms with van der Waals surface area (Å²) >= 11 is 0. The van der Waals surface area contributed by atoms with E-state index in [1.807, 2.05) is 60.7 Å². The zero-order valence-corrected chi connectivity index (χ0v) is 21.2. The number of fused-ring (bicyclic) bond motifs is 3. The first-order valence-corrected chi connectivity index (χ1v) is 12.8. The average Bonchev–Trinajstić information content (AvgIpc) is 2.94. The van der Waals surface area contributed by atoms with Crippen molar-refractivity contribution in [1.29, 1.82) is 0 Å². The highest BCUT2D eigenvalue weighted by atomic mass is 16.5. The van der Waals surface area contributed by atoms with E-state index in [0.29, 0.717) is 34.7 Å². The summed E-state index contributed by atoms with van der Waals surface area (Å²) < 4.78 is 6.88. The molecule has 2 bridgehead atoms. The highest BCUT2D eigenvalue weighted by Gasteiger charge is 2.49. The van der Waals surface area contributed by atoms with Gasteiger partial charge in [0.15, 0.2) is 12.1 Å². The van der Waals surface area contributed by atoms with Crippen LogP contribution in [-0.4, -0.2) is 55.0 Å². The summed E-state index contributed by atoms with van der Waals surface area (Å²) in [5.41, 5.74) is 8.85. The number of para-hydroxylation sites is 1. The van der Waals surface area contributed by atoms with Crippen LogP contribution in [0.25, 0.3) is 0 Å². The zero-order chi connectivity index (χ0) is 27.0. The molecule has 0 radical (unpaired) electrons. The van der Waals surface area contributed by atoms with Crippen LogP contribution in [0.4, 0.5) is 11.4 Å². The van der Waals surface area contributed by atoms with Crippen molar-refractivity contribution in [3.63, 3.8) is 0 Å². The van der Waals surface area contributed by atoms with Gasteiger partial charge in [-0.2, -0.15) is 0 Å². The molecule has 3 fully saturated rings. The van der Waals surface area contributed by atoms with E-state index in [4.69, 9.17) is 20.4 Å². The Balaban J connectivity index is 0.00000107. The number of anilines is 2. The van der Waals surface area contributed by atoms with Crippen LogP contribution in [-0.2, 0) is 14.3 Å². The zero-order valence-electron chi connectivity index (χ0n) is 21.2. The third-order valence-electron chi connectivity index (χ3n) is 7.47. The second-order valence-corrected chi connectivity index (χ2v) is 9.94. The molecule has 8 heteroatoms. The number of piperidine rings is 3. The minimum Gasteiger partial charge on any atom is -0.554 e. The molecule has 6 rings (SSSR count). The number of rotatable bonds is 8. The van der Waals surface area contributed by atoms with Gasteiger partial charge in [0.2, 0.25) is 5.78 Å². The number of quaternary nitrogens is 1. The number of Topliss-reactive ketones (excluding diaryl/α,β-unsaturated/α-hetero) is 1. The molecule has 0 aliphatic carbocycles. The minimum atomic E-state index is -0.598. The summed E-state index contributed by atoms with van der Waals surface area (Å²) in [7, 11) is 0. The molecule has 0 aromatic heterocycles. The fourth-order valence-corrected chi connectivity index (χ4v) is 5.48. The van der Waals surface area contributed by atoms with Gasteiger partial charge >= 0.3 is 5.97 Å². The molecule has 38 heavy (non-hydrogen) atoms. The van der Waals surface area contributed by atoms with Crippen molar-refractivity contribution in [1.82, 2.24) is 0 Å². The summed E-state index contributed by atoms with van der Waals surface area (Å²) in [6.45, 7) is 2.51. The number of nitrogens with one attached hydrogen (secondary N) is 1. The molecule has 3 aliphatic rings. The number of esters is 1. The number of hydrogen-bond donors (Lipinski definition) is 2. The normalized spacial score (nSPS) is 22.3. The molecule has 0 spiro atoms. The molecule has 3 aliphatic heterocycles. The van der Waals surface area contributed by atoms with Crippen molar-refractivity contribution in [3.05, 3.63) is 96.1 Å². The van der Waals surface area contributed by atoms with E-state index >= 15 is 0 Å². The molecular weight excluding hydrogens is 482 g/mol. The van der Waals surface area contributed by atoms with Crippen LogP contribution in [0.3, 0.4) is 0 Å². The number of hydrogen-bond acceptors (Lipinski definition) is 7. The first-order valence-electron chi connectivity index (χ1n) is 12.8. The van der Waals surface area contributed by atoms with Gasteiger partial charge in [-0.15, -0.1) is 0 Å². The maximum absolute atomic E-state index is 13.5. The quantitative estimate of drug-likeness (QED) is 0.156. The molecule has 1 unspecified atom stereocenters. The van der Waals surface area contributed by atoms with E-state index in [0.717, 1.165) is 37.2 Å². The molecule has 3 heterocycles. The molecule has 8 nitrogen and oxygen atoms in total. The Kier molecular flexibility index (Phi) is 8.76. The Hall–Kier alpha value is -4.17. The number of nitrogens with zero attached hydrogens (tertiary/aromatic N) is 1. The van der Waals surface area contributed by atoms with Crippen molar-refractivity contribution in [3.8, 4) is 0 Å². The summed E-state index contributed by atoms with van der Waals surface area (Å²) in [6, 6.07) is 25.9. The Bertz CT molecular complexity index is 1210. The van der Waals surface area contributed by atoms with Gasteiger partial charge in [-0.1, -0.05) is 48.5 Å². The fraction of sp³-hybridized carbons (Fsp3) is 0.300. The van der Waals surface area contributed by atoms with Gasteiger partial charge < -0.3 is 30.2 Å². The molecular formula is C30H33N3O5. The van der Waals surface area contributed by atoms with E-state index in [9.17, 15) is 9.59 Å². The van der Waals surface area contributed by atoms with Gasteiger partial charge in [0.1, 0.15) is 13.1 Å². The van der Waals surface area contributed by atoms with Crippen molar-refractivity contribution >= 4 is 29.6 Å². The second kappa shape index (κ2) is 12.4. The largest absolute Gasteiger partial charge is 0.554 e. The number of benzene rings is 3. The third kappa shape index (κ3) is 6.58. The predicted octanol–water partition coefficient (Wildman–Crippen LogP) is 2.82. The van der Waals surface area contributed by atoms with Gasteiger partial charge in [0.25, 0.3) is 0 Å². The summed E-state index contributed by atoms with van der Waals surface area (Å²) in [6.07, 6.45) is 1.75. The molecule has 3 aromatic rings. The number of ether oxygens (including phenoxy) is 1. The van der Waals surface area contributed by atoms with E-state index in [2.05, 4.69) is 5.32 Å². The maximum Gasteiger partial charge on any atom is 0.333 e. The van der Waals surface area contributed by atoms with Crippen LogP contribution in [0.15, 0.2) is 84.9 Å². The third-order valence-corrected chi connectivity index (χ3v) is 7.47. The Morgan fingerprint density at radius 1 is 0.974 bits per heavy atom. The molecule has 3 saturated heterocycles. The second-order valence-electron chi connectivity index (χ2n) is 9.94. The lowest BCUT2D eigenvalue weighted by molar-refractivity contribution is -0.938. The van der Waals surface area contributed by atoms with Crippen molar-refractivity contribution in [2.24, 2.45) is 5.92 Å². The van der Waals surface area contributed by atoms with Crippen LogP contribution in [0, 0.1) is 5.92 Å². The molecule has 198 valence electrons. The molecule has 0 amide bonds. The average molecular weight is 516 g/mol. The van der Waals surface area contributed by atoms with Crippen LogP contribution in [0.1, 0.15) is 34.8 Å². The van der Waals surface area contributed by atoms with Gasteiger partial charge in [-0.3, -0.25) is 4.79 Å². The molecule has 3 N–H and O–H groups in total. The lowest BCUT2D eigenvalue weighted by Crippen LogP contribution is -2.65. The predicted molar refractivity (Wildman–Crippen MR) is 143 cm³/mol. The van der Waals surface area contributed by atoms with Crippen molar-refractivity contribution in [2.75, 3.05) is 37.2 Å².